The Hall–Kier alpha value is -4.43. The van der Waals surface area contributed by atoms with E-state index in [1.54, 1.807) is 18.2 Å². The standard InChI is InChI=1S/C13H18BNO5.C13H11NO6/c1-12(2)13(3,4)20-14(19-12)9-7-6-8-10(15(16)17)11(9)18-5;1-18-12-8(4-3-5-9(12)14(16)17)10-6-7-11(20-10)13(15)19-2/h6-8H,1-5H3;3-7H,1-2H3. The van der Waals surface area contributed by atoms with Gasteiger partial charge in [0.25, 0.3) is 0 Å². The van der Waals surface area contributed by atoms with Gasteiger partial charge < -0.3 is 27.9 Å². The zero-order valence-electron chi connectivity index (χ0n) is 23.1. The van der Waals surface area contributed by atoms with E-state index in [2.05, 4.69) is 4.74 Å². The molecular weight excluding hydrogens is 527 g/mol. The van der Waals surface area contributed by atoms with E-state index in [1.807, 2.05) is 27.7 Å². The Balaban J connectivity index is 0.000000220. The first-order valence-corrected chi connectivity index (χ1v) is 11.9. The summed E-state index contributed by atoms with van der Waals surface area (Å²) in [7, 11) is 3.28. The molecule has 1 fully saturated rings. The number of ether oxygens (including phenoxy) is 3. The Morgan fingerprint density at radius 2 is 1.32 bits per heavy atom. The molecule has 3 aromatic rings. The molecule has 0 aliphatic carbocycles. The summed E-state index contributed by atoms with van der Waals surface area (Å²) in [5.74, 6) is -0.0816. The minimum Gasteiger partial charge on any atom is -0.490 e. The monoisotopic (exact) mass is 556 g/mol. The van der Waals surface area contributed by atoms with Crippen LogP contribution < -0.4 is 14.9 Å². The lowest BCUT2D eigenvalue weighted by molar-refractivity contribution is -0.385. The summed E-state index contributed by atoms with van der Waals surface area (Å²) in [5, 5.41) is 22.0. The van der Waals surface area contributed by atoms with Crippen molar-refractivity contribution in [3.8, 4) is 22.8 Å². The van der Waals surface area contributed by atoms with Crippen LogP contribution in [0.5, 0.6) is 11.5 Å². The molecule has 0 N–H and O–H groups in total. The van der Waals surface area contributed by atoms with E-state index in [1.165, 1.54) is 51.7 Å². The van der Waals surface area contributed by atoms with Crippen LogP contribution >= 0.6 is 0 Å². The maximum Gasteiger partial charge on any atom is 0.498 e. The Morgan fingerprint density at radius 3 is 1.82 bits per heavy atom. The first kappa shape index (κ1) is 30.1. The van der Waals surface area contributed by atoms with Crippen molar-refractivity contribution in [2.75, 3.05) is 21.3 Å². The number of esters is 1. The van der Waals surface area contributed by atoms with Crippen molar-refractivity contribution in [2.24, 2.45) is 0 Å². The second-order valence-electron chi connectivity index (χ2n) is 9.52. The highest BCUT2D eigenvalue weighted by molar-refractivity contribution is 6.63. The second-order valence-corrected chi connectivity index (χ2v) is 9.52. The number of furan rings is 1. The molecule has 0 bridgehead atoms. The summed E-state index contributed by atoms with van der Waals surface area (Å²) in [5.41, 5.74) is -0.376. The highest BCUT2D eigenvalue weighted by Gasteiger charge is 2.53. The van der Waals surface area contributed by atoms with Crippen LogP contribution in [-0.2, 0) is 14.0 Å². The van der Waals surface area contributed by atoms with Crippen LogP contribution in [0.4, 0.5) is 11.4 Å². The smallest absolute Gasteiger partial charge is 0.490 e. The third-order valence-corrected chi connectivity index (χ3v) is 6.59. The van der Waals surface area contributed by atoms with E-state index < -0.39 is 34.1 Å². The van der Waals surface area contributed by atoms with Gasteiger partial charge in [-0.1, -0.05) is 18.2 Å². The van der Waals surface area contributed by atoms with Crippen molar-refractivity contribution >= 4 is 29.9 Å². The van der Waals surface area contributed by atoms with Crippen molar-refractivity contribution in [1.82, 2.24) is 0 Å². The number of hydrogen-bond acceptors (Lipinski definition) is 11. The van der Waals surface area contributed by atoms with E-state index in [4.69, 9.17) is 23.2 Å². The maximum atomic E-state index is 11.3. The highest BCUT2D eigenvalue weighted by atomic mass is 16.7. The predicted molar refractivity (Wildman–Crippen MR) is 144 cm³/mol. The number of methoxy groups -OCH3 is 3. The second kappa shape index (κ2) is 11.8. The third-order valence-electron chi connectivity index (χ3n) is 6.59. The van der Waals surface area contributed by atoms with Crippen molar-refractivity contribution in [3.63, 3.8) is 0 Å². The minimum atomic E-state index is -0.685. The van der Waals surface area contributed by atoms with Crippen LogP contribution in [0.15, 0.2) is 52.9 Å². The fourth-order valence-corrected chi connectivity index (χ4v) is 3.83. The lowest BCUT2D eigenvalue weighted by Crippen LogP contribution is -2.41. The molecule has 0 spiro atoms. The molecule has 13 nitrogen and oxygen atoms in total. The average molecular weight is 556 g/mol. The fraction of sp³-hybridized carbons (Fsp3) is 0.346. The van der Waals surface area contributed by atoms with Gasteiger partial charge in [0.2, 0.25) is 11.5 Å². The third kappa shape index (κ3) is 5.92. The molecule has 0 radical (unpaired) electrons. The van der Waals surface area contributed by atoms with Gasteiger partial charge >= 0.3 is 24.5 Å². The van der Waals surface area contributed by atoms with Crippen LogP contribution in [-0.4, -0.2) is 55.5 Å². The fourth-order valence-electron chi connectivity index (χ4n) is 3.83. The quantitative estimate of drug-likeness (QED) is 0.174. The molecule has 2 aromatic carbocycles. The normalized spacial score (nSPS) is 15.0. The largest absolute Gasteiger partial charge is 0.498 e. The Kier molecular flexibility index (Phi) is 8.85. The van der Waals surface area contributed by atoms with Crippen molar-refractivity contribution < 1.29 is 42.6 Å². The predicted octanol–water partition coefficient (Wildman–Crippen LogP) is 4.55. The number of benzene rings is 2. The number of nitro benzene ring substituents is 2. The van der Waals surface area contributed by atoms with Gasteiger partial charge in [-0.2, -0.15) is 0 Å². The van der Waals surface area contributed by atoms with Crippen LogP contribution in [0, 0.1) is 20.2 Å². The summed E-state index contributed by atoms with van der Waals surface area (Å²) >= 11 is 0. The summed E-state index contributed by atoms with van der Waals surface area (Å²) in [6, 6.07) is 12.1. The van der Waals surface area contributed by atoms with E-state index in [-0.39, 0.29) is 34.4 Å². The Labute approximate surface area is 230 Å². The van der Waals surface area contributed by atoms with Gasteiger partial charge in [-0.25, -0.2) is 4.79 Å². The van der Waals surface area contributed by atoms with Crippen molar-refractivity contribution in [2.45, 2.75) is 38.9 Å². The molecule has 2 heterocycles. The van der Waals surface area contributed by atoms with Crippen molar-refractivity contribution in [3.05, 3.63) is 74.5 Å². The molecule has 1 aromatic heterocycles. The number of hydrogen-bond donors (Lipinski definition) is 0. The first-order chi connectivity index (χ1) is 18.8. The number of carbonyl (C=O) groups is 1. The van der Waals surface area contributed by atoms with Crippen LogP contribution in [0.1, 0.15) is 38.2 Å². The van der Waals surface area contributed by atoms with Gasteiger partial charge in [0.05, 0.1) is 47.9 Å². The highest BCUT2D eigenvalue weighted by Crippen LogP contribution is 2.39. The molecule has 0 unspecified atom stereocenters. The van der Waals surface area contributed by atoms with E-state index in [0.717, 1.165) is 0 Å². The SMILES string of the molecule is COC(=O)c1ccc(-c2cccc([N+](=O)[O-])c2OC)o1.COc1c(B2OC(C)(C)C(C)(C)O2)cccc1[N+](=O)[O-]. The lowest BCUT2D eigenvalue weighted by Gasteiger charge is -2.32. The molecule has 0 amide bonds. The maximum absolute atomic E-state index is 11.3. The van der Waals surface area contributed by atoms with Gasteiger partial charge in [-0.05, 0) is 45.9 Å². The molecule has 40 heavy (non-hydrogen) atoms. The molecule has 0 saturated carbocycles. The average Bonchev–Trinajstić information content (AvgIpc) is 3.49. The van der Waals surface area contributed by atoms with Crippen molar-refractivity contribution in [1.29, 1.82) is 0 Å². The van der Waals surface area contributed by atoms with Crippen LogP contribution in [0.3, 0.4) is 0 Å². The molecule has 4 rings (SSSR count). The molecular formula is C26H29BN2O11. The topological polar surface area (TPSA) is 163 Å². The zero-order valence-corrected chi connectivity index (χ0v) is 23.1. The summed E-state index contributed by atoms with van der Waals surface area (Å²) in [6.45, 7) is 7.71. The zero-order chi connectivity index (χ0) is 29.8. The first-order valence-electron chi connectivity index (χ1n) is 11.9. The molecule has 0 atom stereocenters. The molecule has 1 aliphatic rings. The van der Waals surface area contributed by atoms with Crippen LogP contribution in [0.2, 0.25) is 0 Å². The van der Waals surface area contributed by atoms with Gasteiger partial charge in [-0.15, -0.1) is 0 Å². The van der Waals surface area contributed by atoms with Crippen LogP contribution in [0.25, 0.3) is 11.3 Å². The number of para-hydroxylation sites is 2. The lowest BCUT2D eigenvalue weighted by atomic mass is 9.78. The number of carbonyl (C=O) groups excluding carboxylic acids is 1. The minimum absolute atomic E-state index is 0.0102. The summed E-state index contributed by atoms with van der Waals surface area (Å²) in [6.07, 6.45) is 0. The molecule has 1 aliphatic heterocycles. The summed E-state index contributed by atoms with van der Waals surface area (Å²) in [4.78, 5) is 32.3. The van der Waals surface area contributed by atoms with Gasteiger partial charge in [-0.3, -0.25) is 20.2 Å². The van der Waals surface area contributed by atoms with E-state index >= 15 is 0 Å². The molecule has 14 heteroatoms. The van der Waals surface area contributed by atoms with Gasteiger partial charge in [0.15, 0.2) is 5.75 Å². The van der Waals surface area contributed by atoms with E-state index in [9.17, 15) is 25.0 Å². The van der Waals surface area contributed by atoms with Gasteiger partial charge in [0.1, 0.15) is 5.76 Å². The molecule has 212 valence electrons. The number of rotatable bonds is 7. The van der Waals surface area contributed by atoms with Gasteiger partial charge in [0, 0.05) is 17.6 Å². The number of nitro groups is 2. The number of nitrogens with zero attached hydrogens (tertiary/aromatic N) is 2. The summed E-state index contributed by atoms with van der Waals surface area (Å²) < 4.78 is 31.9. The Morgan fingerprint density at radius 1 is 0.800 bits per heavy atom. The Bertz CT molecular complexity index is 1400. The van der Waals surface area contributed by atoms with E-state index in [0.29, 0.717) is 11.0 Å². The molecule has 1 saturated heterocycles.